The molecule has 0 aliphatic rings. The average molecular weight is 443 g/mol. The van der Waals surface area contributed by atoms with Crippen molar-refractivity contribution in [2.45, 2.75) is 130 Å². The van der Waals surface area contributed by atoms with Gasteiger partial charge < -0.3 is 0 Å². The number of aromatic nitrogens is 3. The number of nitrogens with zero attached hydrogens (tertiary/aromatic N) is 4. The quantitative estimate of drug-likeness (QED) is 0.193. The van der Waals surface area contributed by atoms with Crippen molar-refractivity contribution < 1.29 is 0 Å². The van der Waals surface area contributed by atoms with Crippen molar-refractivity contribution in [1.82, 2.24) is 19.9 Å². The lowest BCUT2D eigenvalue weighted by Gasteiger charge is -2.29. The van der Waals surface area contributed by atoms with Crippen LogP contribution >= 0.6 is 0 Å². The van der Waals surface area contributed by atoms with Crippen LogP contribution in [0.2, 0.25) is 0 Å². The number of hydrogen-bond acceptors (Lipinski definition) is 3. The van der Waals surface area contributed by atoms with Crippen LogP contribution in [-0.4, -0.2) is 33.0 Å². The standard InChI is InChI=1S/C28H50N4/c1-4-6-8-10-12-14-16-20-24-31(25-21-17-15-13-11-9-7-5-2)26(3)32-28-23-19-18-22-27(28)29-30-32/h18-19,22-23,26H,4-17,20-21,24-25H2,1-3H3. The molecule has 2 aromatic rings. The van der Waals surface area contributed by atoms with Gasteiger partial charge in [0, 0.05) is 13.1 Å². The van der Waals surface area contributed by atoms with Crippen molar-refractivity contribution in [3.05, 3.63) is 24.3 Å². The van der Waals surface area contributed by atoms with E-state index in [2.05, 4.69) is 58.9 Å². The molecule has 0 fully saturated rings. The van der Waals surface area contributed by atoms with E-state index in [9.17, 15) is 0 Å². The van der Waals surface area contributed by atoms with Gasteiger partial charge in [-0.3, -0.25) is 4.90 Å². The molecule has 0 saturated carbocycles. The first kappa shape index (κ1) is 26.8. The molecule has 0 aliphatic carbocycles. The highest BCUT2D eigenvalue weighted by molar-refractivity contribution is 5.73. The third-order valence-corrected chi connectivity index (χ3v) is 6.86. The van der Waals surface area contributed by atoms with Gasteiger partial charge in [0.15, 0.2) is 0 Å². The summed E-state index contributed by atoms with van der Waals surface area (Å²) in [5.74, 6) is 0. The second-order valence-corrected chi connectivity index (χ2v) is 9.64. The Hall–Kier alpha value is -1.42. The van der Waals surface area contributed by atoms with Crippen molar-refractivity contribution in [2.24, 2.45) is 0 Å². The van der Waals surface area contributed by atoms with Gasteiger partial charge in [0.25, 0.3) is 0 Å². The molecule has 1 atom stereocenters. The molecule has 0 spiro atoms. The predicted molar refractivity (Wildman–Crippen MR) is 139 cm³/mol. The Kier molecular flexibility index (Phi) is 14.3. The van der Waals surface area contributed by atoms with E-state index in [0.29, 0.717) is 0 Å². The van der Waals surface area contributed by atoms with Gasteiger partial charge >= 0.3 is 0 Å². The number of hydrogen-bond donors (Lipinski definition) is 0. The highest BCUT2D eigenvalue weighted by atomic mass is 15.5. The lowest BCUT2D eigenvalue weighted by atomic mass is 10.1. The van der Waals surface area contributed by atoms with Gasteiger partial charge in [0.05, 0.1) is 5.52 Å². The molecule has 0 aliphatic heterocycles. The Morgan fingerprint density at radius 3 is 1.69 bits per heavy atom. The summed E-state index contributed by atoms with van der Waals surface area (Å²) >= 11 is 0. The van der Waals surface area contributed by atoms with Crippen LogP contribution in [-0.2, 0) is 0 Å². The summed E-state index contributed by atoms with van der Waals surface area (Å²) in [6.45, 7) is 9.22. The Balaban J connectivity index is 1.79. The Labute approximate surface area is 198 Å². The molecule has 0 saturated heterocycles. The average Bonchev–Trinajstić information content (AvgIpc) is 3.25. The monoisotopic (exact) mass is 442 g/mol. The topological polar surface area (TPSA) is 34.0 Å². The van der Waals surface area contributed by atoms with Gasteiger partial charge in [-0.05, 0) is 31.9 Å². The second-order valence-electron chi connectivity index (χ2n) is 9.64. The molecular weight excluding hydrogens is 392 g/mol. The summed E-state index contributed by atoms with van der Waals surface area (Å²) in [6.07, 6.45) is 22.3. The van der Waals surface area contributed by atoms with Crippen LogP contribution in [0.5, 0.6) is 0 Å². The predicted octanol–water partition coefficient (Wildman–Crippen LogP) is 8.53. The van der Waals surface area contributed by atoms with Gasteiger partial charge in [-0.1, -0.05) is 121 Å². The summed E-state index contributed by atoms with van der Waals surface area (Å²) in [6, 6.07) is 8.35. The number of rotatable bonds is 20. The summed E-state index contributed by atoms with van der Waals surface area (Å²) < 4.78 is 2.13. The van der Waals surface area contributed by atoms with Crippen molar-refractivity contribution in [2.75, 3.05) is 13.1 Å². The van der Waals surface area contributed by atoms with Gasteiger partial charge in [-0.15, -0.1) is 5.10 Å². The van der Waals surface area contributed by atoms with E-state index in [1.807, 2.05) is 6.07 Å². The summed E-state index contributed by atoms with van der Waals surface area (Å²) in [5.41, 5.74) is 2.15. The van der Waals surface area contributed by atoms with Crippen molar-refractivity contribution >= 4 is 11.0 Å². The molecule has 4 nitrogen and oxygen atoms in total. The molecule has 1 unspecified atom stereocenters. The van der Waals surface area contributed by atoms with Crippen molar-refractivity contribution in [3.63, 3.8) is 0 Å². The lowest BCUT2D eigenvalue weighted by molar-refractivity contribution is 0.138. The lowest BCUT2D eigenvalue weighted by Crippen LogP contribution is -2.33. The third kappa shape index (κ3) is 10.0. The minimum Gasteiger partial charge on any atom is -0.282 e. The number of unbranched alkanes of at least 4 members (excludes halogenated alkanes) is 14. The first-order valence-corrected chi connectivity index (χ1v) is 13.8. The van der Waals surface area contributed by atoms with Crippen molar-refractivity contribution in [1.29, 1.82) is 0 Å². The molecule has 0 bridgehead atoms. The summed E-state index contributed by atoms with van der Waals surface area (Å²) in [5, 5.41) is 8.91. The molecule has 32 heavy (non-hydrogen) atoms. The first-order valence-electron chi connectivity index (χ1n) is 13.8. The Bertz CT molecular complexity index is 676. The third-order valence-electron chi connectivity index (χ3n) is 6.86. The van der Waals surface area contributed by atoms with Gasteiger partial charge in [-0.2, -0.15) is 0 Å². The number of para-hydroxylation sites is 1. The highest BCUT2D eigenvalue weighted by Gasteiger charge is 2.18. The van der Waals surface area contributed by atoms with E-state index in [0.717, 1.165) is 11.0 Å². The fraction of sp³-hybridized carbons (Fsp3) is 0.786. The molecule has 1 aromatic heterocycles. The van der Waals surface area contributed by atoms with Crippen LogP contribution in [0.4, 0.5) is 0 Å². The SMILES string of the molecule is CCCCCCCCCCN(CCCCCCCCCC)C(C)n1nnc2ccccc21. The van der Waals surface area contributed by atoms with Gasteiger partial charge in [0.1, 0.15) is 11.7 Å². The van der Waals surface area contributed by atoms with Crippen LogP contribution in [0, 0.1) is 0 Å². The Morgan fingerprint density at radius 1 is 0.688 bits per heavy atom. The van der Waals surface area contributed by atoms with Crippen LogP contribution in [0.3, 0.4) is 0 Å². The summed E-state index contributed by atoms with van der Waals surface area (Å²) in [4.78, 5) is 2.65. The van der Waals surface area contributed by atoms with E-state index in [-0.39, 0.29) is 6.17 Å². The number of fused-ring (bicyclic) bond motifs is 1. The van der Waals surface area contributed by atoms with Crippen LogP contribution in [0.15, 0.2) is 24.3 Å². The molecule has 1 heterocycles. The van der Waals surface area contributed by atoms with E-state index < -0.39 is 0 Å². The van der Waals surface area contributed by atoms with Gasteiger partial charge in [-0.25, -0.2) is 4.68 Å². The van der Waals surface area contributed by atoms with Crippen molar-refractivity contribution in [3.8, 4) is 0 Å². The summed E-state index contributed by atoms with van der Waals surface area (Å²) in [7, 11) is 0. The zero-order valence-electron chi connectivity index (χ0n) is 21.4. The molecule has 182 valence electrons. The smallest absolute Gasteiger partial charge is 0.113 e. The normalized spacial score (nSPS) is 12.8. The van der Waals surface area contributed by atoms with Gasteiger partial charge in [0.2, 0.25) is 0 Å². The second kappa shape index (κ2) is 17.1. The molecule has 0 radical (unpaired) electrons. The van der Waals surface area contributed by atoms with E-state index in [4.69, 9.17) is 0 Å². The maximum Gasteiger partial charge on any atom is 0.113 e. The van der Waals surface area contributed by atoms with Crippen LogP contribution in [0.1, 0.15) is 130 Å². The highest BCUT2D eigenvalue weighted by Crippen LogP contribution is 2.21. The van der Waals surface area contributed by atoms with E-state index in [1.54, 1.807) is 0 Å². The first-order chi connectivity index (χ1) is 15.8. The molecule has 4 heteroatoms. The maximum absolute atomic E-state index is 4.51. The largest absolute Gasteiger partial charge is 0.282 e. The molecule has 2 rings (SSSR count). The molecule has 1 aromatic carbocycles. The minimum atomic E-state index is 0.261. The zero-order valence-corrected chi connectivity index (χ0v) is 21.4. The fourth-order valence-electron chi connectivity index (χ4n) is 4.70. The van der Waals surface area contributed by atoms with Crippen LogP contribution in [0.25, 0.3) is 11.0 Å². The molecular formula is C28H50N4. The number of benzene rings is 1. The molecule has 0 amide bonds. The minimum absolute atomic E-state index is 0.261. The zero-order chi connectivity index (χ0) is 22.9. The fourth-order valence-corrected chi connectivity index (χ4v) is 4.70. The molecule has 0 N–H and O–H groups in total. The van der Waals surface area contributed by atoms with Crippen LogP contribution < -0.4 is 0 Å². The Morgan fingerprint density at radius 2 is 1.16 bits per heavy atom. The van der Waals surface area contributed by atoms with E-state index in [1.165, 1.54) is 116 Å². The maximum atomic E-state index is 4.51. The van der Waals surface area contributed by atoms with E-state index >= 15 is 0 Å².